The maximum Gasteiger partial charge on any atom is 0.494 e. The minimum Gasteiger partial charge on any atom is -0.399 e. The minimum atomic E-state index is -0.333. The number of benzene rings is 1. The Morgan fingerprint density at radius 1 is 1.13 bits per heavy atom. The summed E-state index contributed by atoms with van der Waals surface area (Å²) in [5.74, 6) is 0. The van der Waals surface area contributed by atoms with Crippen LogP contribution in [0, 0.1) is 0 Å². The highest BCUT2D eigenvalue weighted by Crippen LogP contribution is 2.37. The predicted octanol–water partition coefficient (Wildman–Crippen LogP) is 3.22. The van der Waals surface area contributed by atoms with Gasteiger partial charge in [0.15, 0.2) is 0 Å². The molecule has 0 radical (unpaired) electrons. The van der Waals surface area contributed by atoms with Gasteiger partial charge in [0.25, 0.3) is 0 Å². The van der Waals surface area contributed by atoms with Crippen LogP contribution in [0.3, 0.4) is 0 Å². The van der Waals surface area contributed by atoms with Crippen LogP contribution in [0.5, 0.6) is 0 Å². The molecule has 23 heavy (non-hydrogen) atoms. The quantitative estimate of drug-likeness (QED) is 0.809. The van der Waals surface area contributed by atoms with Crippen molar-refractivity contribution in [2.75, 3.05) is 14.1 Å². The van der Waals surface area contributed by atoms with Crippen LogP contribution in [0.1, 0.15) is 45.7 Å². The van der Waals surface area contributed by atoms with E-state index in [9.17, 15) is 0 Å². The van der Waals surface area contributed by atoms with E-state index in [0.717, 1.165) is 16.0 Å². The molecule has 2 aromatic rings. The monoisotopic (exact) mass is 332 g/mol. The van der Waals surface area contributed by atoms with Crippen LogP contribution in [0.15, 0.2) is 18.2 Å². The number of rotatable bonds is 3. The molecule has 0 bridgehead atoms. The van der Waals surface area contributed by atoms with Crippen molar-refractivity contribution >= 4 is 34.1 Å². The first-order valence-corrected chi connectivity index (χ1v) is 8.85. The zero-order valence-electron chi connectivity index (χ0n) is 15.0. The Kier molecular flexibility index (Phi) is 4.08. The molecule has 1 aliphatic heterocycles. The van der Waals surface area contributed by atoms with Gasteiger partial charge in [0.05, 0.1) is 27.5 Å². The Labute approximate surface area is 142 Å². The zero-order valence-corrected chi connectivity index (χ0v) is 15.8. The molecule has 4 nitrogen and oxygen atoms in total. The summed E-state index contributed by atoms with van der Waals surface area (Å²) in [5, 5.41) is 1.14. The van der Waals surface area contributed by atoms with Gasteiger partial charge in [0, 0.05) is 0 Å². The SMILES string of the molecule is CC(c1nc2cc(B3OC(C)(C)C(C)(C)O3)ccc2s1)N(C)C. The Hall–Kier alpha value is -0.945. The normalized spacial score (nSPS) is 21.3. The molecule has 1 unspecified atom stereocenters. The molecule has 0 aliphatic carbocycles. The van der Waals surface area contributed by atoms with Crippen molar-refractivity contribution in [3.05, 3.63) is 23.2 Å². The van der Waals surface area contributed by atoms with Crippen LogP contribution >= 0.6 is 11.3 Å². The van der Waals surface area contributed by atoms with E-state index in [4.69, 9.17) is 14.3 Å². The van der Waals surface area contributed by atoms with Crippen LogP contribution in [0.2, 0.25) is 0 Å². The highest BCUT2D eigenvalue weighted by Gasteiger charge is 2.51. The highest BCUT2D eigenvalue weighted by atomic mass is 32.1. The van der Waals surface area contributed by atoms with E-state index < -0.39 is 0 Å². The molecule has 1 saturated heterocycles. The molecule has 0 amide bonds. The standard InChI is InChI=1S/C17H25BN2O2S/c1-11(20(6)7)15-19-13-10-12(8-9-14(13)23-15)18-21-16(2,3)17(4,5)22-18/h8-11H,1-7H3. The van der Waals surface area contributed by atoms with Gasteiger partial charge in [-0.2, -0.15) is 0 Å². The fourth-order valence-corrected chi connectivity index (χ4v) is 3.58. The fraction of sp³-hybridized carbons (Fsp3) is 0.588. The van der Waals surface area contributed by atoms with E-state index in [0.29, 0.717) is 6.04 Å². The average molecular weight is 332 g/mol. The van der Waals surface area contributed by atoms with Crippen molar-refractivity contribution in [3.8, 4) is 0 Å². The van der Waals surface area contributed by atoms with Crippen molar-refractivity contribution < 1.29 is 9.31 Å². The van der Waals surface area contributed by atoms with Gasteiger partial charge in [-0.25, -0.2) is 4.98 Å². The summed E-state index contributed by atoms with van der Waals surface area (Å²) in [6.45, 7) is 10.5. The number of hydrogen-bond acceptors (Lipinski definition) is 5. The number of aromatic nitrogens is 1. The van der Waals surface area contributed by atoms with Crippen LogP contribution in [-0.4, -0.2) is 42.3 Å². The highest BCUT2D eigenvalue weighted by molar-refractivity contribution is 7.18. The smallest absolute Gasteiger partial charge is 0.399 e. The lowest BCUT2D eigenvalue weighted by molar-refractivity contribution is 0.00578. The van der Waals surface area contributed by atoms with Crippen molar-refractivity contribution in [2.24, 2.45) is 0 Å². The molecule has 6 heteroatoms. The van der Waals surface area contributed by atoms with E-state index in [1.807, 2.05) is 0 Å². The largest absolute Gasteiger partial charge is 0.494 e. The molecule has 1 aliphatic rings. The molecule has 1 aromatic carbocycles. The Morgan fingerprint density at radius 2 is 1.74 bits per heavy atom. The van der Waals surface area contributed by atoms with Crippen molar-refractivity contribution in [1.29, 1.82) is 0 Å². The molecular weight excluding hydrogens is 307 g/mol. The molecule has 1 fully saturated rings. The summed E-state index contributed by atoms with van der Waals surface area (Å²) in [7, 11) is 3.82. The van der Waals surface area contributed by atoms with Gasteiger partial charge in [-0.3, -0.25) is 0 Å². The maximum atomic E-state index is 6.14. The molecule has 3 rings (SSSR count). The first-order valence-electron chi connectivity index (χ1n) is 8.03. The maximum absolute atomic E-state index is 6.14. The van der Waals surface area contributed by atoms with Crippen LogP contribution in [-0.2, 0) is 9.31 Å². The van der Waals surface area contributed by atoms with Gasteiger partial charge in [-0.05, 0) is 66.3 Å². The van der Waals surface area contributed by atoms with Crippen molar-refractivity contribution in [1.82, 2.24) is 9.88 Å². The topological polar surface area (TPSA) is 34.6 Å². The summed E-state index contributed by atoms with van der Waals surface area (Å²) in [5.41, 5.74) is 1.41. The van der Waals surface area contributed by atoms with Gasteiger partial charge >= 0.3 is 7.12 Å². The van der Waals surface area contributed by atoms with Crippen molar-refractivity contribution in [3.63, 3.8) is 0 Å². The summed E-state index contributed by atoms with van der Waals surface area (Å²) < 4.78 is 13.5. The van der Waals surface area contributed by atoms with Gasteiger partial charge < -0.3 is 14.2 Å². The van der Waals surface area contributed by atoms with Crippen LogP contribution < -0.4 is 5.46 Å². The van der Waals surface area contributed by atoms with E-state index in [2.05, 4.69) is 71.8 Å². The second-order valence-corrected chi connectivity index (χ2v) is 8.57. The molecule has 0 spiro atoms. The molecule has 0 N–H and O–H groups in total. The molecule has 1 aromatic heterocycles. The van der Waals surface area contributed by atoms with Gasteiger partial charge in [-0.15, -0.1) is 11.3 Å². The van der Waals surface area contributed by atoms with E-state index in [1.165, 1.54) is 4.70 Å². The third-order valence-corrected chi connectivity index (χ3v) is 6.29. The Bertz CT molecular complexity index is 710. The lowest BCUT2D eigenvalue weighted by Gasteiger charge is -2.32. The Morgan fingerprint density at radius 3 is 2.30 bits per heavy atom. The second-order valence-electron chi connectivity index (χ2n) is 7.51. The average Bonchev–Trinajstić information content (AvgIpc) is 2.95. The zero-order chi connectivity index (χ0) is 17.0. The summed E-state index contributed by atoms with van der Waals surface area (Å²) in [6.07, 6.45) is 0. The minimum absolute atomic E-state index is 0.313. The number of hydrogen-bond donors (Lipinski definition) is 0. The molecular formula is C17H25BN2O2S. The molecule has 1 atom stereocenters. The summed E-state index contributed by atoms with van der Waals surface area (Å²) >= 11 is 1.75. The molecule has 124 valence electrons. The first kappa shape index (κ1) is 16.9. The van der Waals surface area contributed by atoms with Gasteiger partial charge in [-0.1, -0.05) is 6.07 Å². The lowest BCUT2D eigenvalue weighted by atomic mass is 9.79. The number of nitrogens with zero attached hydrogens (tertiary/aromatic N) is 2. The lowest BCUT2D eigenvalue weighted by Crippen LogP contribution is -2.41. The van der Waals surface area contributed by atoms with E-state index in [1.54, 1.807) is 11.3 Å². The van der Waals surface area contributed by atoms with Gasteiger partial charge in [0.1, 0.15) is 5.01 Å². The Balaban J connectivity index is 1.92. The third kappa shape index (κ3) is 2.93. The summed E-state index contributed by atoms with van der Waals surface area (Å²) in [6, 6.07) is 6.62. The van der Waals surface area contributed by atoms with Gasteiger partial charge in [0.2, 0.25) is 0 Å². The van der Waals surface area contributed by atoms with E-state index >= 15 is 0 Å². The second kappa shape index (κ2) is 5.55. The van der Waals surface area contributed by atoms with Crippen LogP contribution in [0.4, 0.5) is 0 Å². The van der Waals surface area contributed by atoms with Crippen molar-refractivity contribution in [2.45, 2.75) is 51.9 Å². The molecule has 0 saturated carbocycles. The fourth-order valence-electron chi connectivity index (χ4n) is 2.49. The first-order chi connectivity index (χ1) is 10.6. The van der Waals surface area contributed by atoms with E-state index in [-0.39, 0.29) is 18.3 Å². The number of thiazole rings is 1. The summed E-state index contributed by atoms with van der Waals surface area (Å²) in [4.78, 5) is 6.98. The third-order valence-electron chi connectivity index (χ3n) is 5.09. The molecule has 2 heterocycles. The van der Waals surface area contributed by atoms with Crippen LogP contribution in [0.25, 0.3) is 10.2 Å². The predicted molar refractivity (Wildman–Crippen MR) is 97.4 cm³/mol. The number of fused-ring (bicyclic) bond motifs is 1.